The highest BCUT2D eigenvalue weighted by molar-refractivity contribution is 7.99. The lowest BCUT2D eigenvalue weighted by atomic mass is 9.62. The van der Waals surface area contributed by atoms with Crippen LogP contribution in [0, 0.1) is 6.92 Å². The van der Waals surface area contributed by atoms with E-state index in [0.717, 1.165) is 58.2 Å². The summed E-state index contributed by atoms with van der Waals surface area (Å²) in [6.07, 6.45) is 6.77. The Labute approximate surface area is 182 Å². The van der Waals surface area contributed by atoms with Gasteiger partial charge in [0.1, 0.15) is 0 Å². The van der Waals surface area contributed by atoms with Crippen LogP contribution >= 0.6 is 11.8 Å². The zero-order valence-corrected chi connectivity index (χ0v) is 18.6. The van der Waals surface area contributed by atoms with Crippen LogP contribution in [0.5, 0.6) is 0 Å². The summed E-state index contributed by atoms with van der Waals surface area (Å²) in [6.45, 7) is 4.20. The van der Waals surface area contributed by atoms with E-state index in [-0.39, 0.29) is 11.0 Å². The Hall–Kier alpha value is -2.33. The van der Waals surface area contributed by atoms with Crippen molar-refractivity contribution in [1.82, 2.24) is 9.55 Å². The summed E-state index contributed by atoms with van der Waals surface area (Å²) in [5, 5.41) is 0.804. The molecule has 0 radical (unpaired) electrons. The monoisotopic (exact) mass is 416 g/mol. The third-order valence-corrected chi connectivity index (χ3v) is 7.65. The van der Waals surface area contributed by atoms with E-state index in [1.807, 2.05) is 16.7 Å². The number of aromatic nitrogens is 2. The summed E-state index contributed by atoms with van der Waals surface area (Å²) in [6, 6.07) is 16.7. The summed E-state index contributed by atoms with van der Waals surface area (Å²) in [5.74, 6) is 0.879. The quantitative estimate of drug-likeness (QED) is 0.383. The number of benzene rings is 2. The van der Waals surface area contributed by atoms with E-state index < -0.39 is 0 Å². The summed E-state index contributed by atoms with van der Waals surface area (Å²) >= 11 is 1.65. The van der Waals surface area contributed by atoms with Gasteiger partial charge in [0.2, 0.25) is 0 Å². The van der Waals surface area contributed by atoms with Crippen LogP contribution in [0.15, 0.2) is 58.5 Å². The van der Waals surface area contributed by atoms with E-state index in [4.69, 9.17) is 4.98 Å². The minimum atomic E-state index is -0.0775. The van der Waals surface area contributed by atoms with E-state index in [9.17, 15) is 4.79 Å². The predicted molar refractivity (Wildman–Crippen MR) is 125 cm³/mol. The fourth-order valence-electron chi connectivity index (χ4n) is 5.44. The van der Waals surface area contributed by atoms with E-state index in [1.54, 1.807) is 11.8 Å². The van der Waals surface area contributed by atoms with Gasteiger partial charge in [0.15, 0.2) is 5.16 Å². The second kappa shape index (κ2) is 7.73. The van der Waals surface area contributed by atoms with Crippen LogP contribution in [0.4, 0.5) is 0 Å². The lowest BCUT2D eigenvalue weighted by molar-refractivity contribution is 0.283. The first-order valence-electron chi connectivity index (χ1n) is 11.1. The van der Waals surface area contributed by atoms with Crippen LogP contribution in [-0.2, 0) is 11.8 Å². The Balaban J connectivity index is 1.86. The van der Waals surface area contributed by atoms with Crippen molar-refractivity contribution in [1.29, 1.82) is 0 Å². The van der Waals surface area contributed by atoms with Gasteiger partial charge in [-0.3, -0.25) is 9.36 Å². The van der Waals surface area contributed by atoms with Crippen molar-refractivity contribution in [3.8, 4) is 16.9 Å². The molecule has 0 atom stereocenters. The number of fused-ring (bicyclic) bond motifs is 4. The molecule has 30 heavy (non-hydrogen) atoms. The summed E-state index contributed by atoms with van der Waals surface area (Å²) < 4.78 is 1.90. The number of hydrogen-bond donors (Lipinski definition) is 0. The number of nitrogens with zero attached hydrogens (tertiary/aromatic N) is 2. The van der Waals surface area contributed by atoms with Crippen LogP contribution in [0.1, 0.15) is 55.7 Å². The molecule has 0 saturated heterocycles. The van der Waals surface area contributed by atoms with E-state index >= 15 is 0 Å². The van der Waals surface area contributed by atoms with Crippen LogP contribution in [0.25, 0.3) is 16.9 Å². The maximum Gasteiger partial charge on any atom is 0.263 e. The molecule has 1 spiro atoms. The molecule has 4 heteroatoms. The van der Waals surface area contributed by atoms with Crippen LogP contribution in [0.3, 0.4) is 0 Å². The number of para-hydroxylation sites is 1. The zero-order valence-electron chi connectivity index (χ0n) is 17.8. The average Bonchev–Trinajstić information content (AvgIpc) is 2.75. The fourth-order valence-corrected chi connectivity index (χ4v) is 6.17. The van der Waals surface area contributed by atoms with Gasteiger partial charge < -0.3 is 0 Å². The molecule has 3 nitrogen and oxygen atoms in total. The molecular formula is C26H28N2OS. The molecule has 5 rings (SSSR count). The van der Waals surface area contributed by atoms with Gasteiger partial charge in [-0.1, -0.05) is 80.4 Å². The Morgan fingerprint density at radius 3 is 2.53 bits per heavy atom. The van der Waals surface area contributed by atoms with Crippen LogP contribution in [-0.4, -0.2) is 15.3 Å². The molecule has 2 aliphatic carbocycles. The van der Waals surface area contributed by atoms with Gasteiger partial charge >= 0.3 is 0 Å². The highest BCUT2D eigenvalue weighted by Crippen LogP contribution is 2.49. The van der Waals surface area contributed by atoms with E-state index in [0.29, 0.717) is 0 Å². The first-order valence-corrected chi connectivity index (χ1v) is 12.1. The molecular weight excluding hydrogens is 388 g/mol. The third kappa shape index (κ3) is 3.04. The Kier molecular flexibility index (Phi) is 5.06. The standard InChI is InChI=1S/C26H28N2OS/c1-3-30-25-27-23-20-13-7-6-12-19(20)17-26(15-9-4-10-16-26)22(23)24(29)28(25)21-14-8-5-11-18(21)2/h5-8,11-14H,3-4,9-10,15-17H2,1-2H3. The van der Waals surface area contributed by atoms with Gasteiger partial charge in [-0.25, -0.2) is 4.98 Å². The zero-order chi connectivity index (χ0) is 20.7. The molecule has 154 valence electrons. The summed E-state index contributed by atoms with van der Waals surface area (Å²) in [4.78, 5) is 19.5. The van der Waals surface area contributed by atoms with Gasteiger partial charge in [0.05, 0.1) is 16.9 Å². The summed E-state index contributed by atoms with van der Waals surface area (Å²) in [5.41, 5.74) is 6.52. The topological polar surface area (TPSA) is 34.9 Å². The van der Waals surface area contributed by atoms with Crippen molar-refractivity contribution in [2.24, 2.45) is 0 Å². The summed E-state index contributed by atoms with van der Waals surface area (Å²) in [7, 11) is 0. The lowest BCUT2D eigenvalue weighted by Crippen LogP contribution is -2.43. The van der Waals surface area contributed by atoms with Crippen molar-refractivity contribution < 1.29 is 0 Å². The number of rotatable bonds is 3. The third-order valence-electron chi connectivity index (χ3n) is 6.82. The Morgan fingerprint density at radius 1 is 1.03 bits per heavy atom. The molecule has 3 aromatic rings. The number of aryl methyl sites for hydroxylation is 1. The molecule has 0 aliphatic heterocycles. The minimum Gasteiger partial charge on any atom is -0.268 e. The average molecular weight is 417 g/mol. The fraction of sp³-hybridized carbons (Fsp3) is 0.385. The SMILES string of the molecule is CCSc1nc2c(c(=O)n1-c1ccccc1C)C1(CCCCC1)Cc1ccccc1-2. The Morgan fingerprint density at radius 2 is 1.77 bits per heavy atom. The molecule has 2 aromatic carbocycles. The Bertz CT molecular complexity index is 1160. The second-order valence-electron chi connectivity index (χ2n) is 8.65. The van der Waals surface area contributed by atoms with Gasteiger partial charge in [-0.2, -0.15) is 0 Å². The largest absolute Gasteiger partial charge is 0.268 e. The minimum absolute atomic E-state index is 0.0775. The molecule has 0 bridgehead atoms. The molecule has 0 amide bonds. The molecule has 0 unspecified atom stereocenters. The molecule has 2 aliphatic rings. The van der Waals surface area contributed by atoms with Gasteiger partial charge in [-0.15, -0.1) is 0 Å². The normalized spacial score (nSPS) is 16.9. The smallest absolute Gasteiger partial charge is 0.263 e. The van der Waals surface area contributed by atoms with Crippen molar-refractivity contribution in [3.05, 3.63) is 75.6 Å². The molecule has 1 heterocycles. The maximum absolute atomic E-state index is 14.3. The highest BCUT2D eigenvalue weighted by Gasteiger charge is 2.43. The van der Waals surface area contributed by atoms with E-state index in [1.165, 1.54) is 24.8 Å². The number of thioether (sulfide) groups is 1. The van der Waals surface area contributed by atoms with Crippen molar-refractivity contribution >= 4 is 11.8 Å². The molecule has 1 saturated carbocycles. The van der Waals surface area contributed by atoms with Crippen molar-refractivity contribution in [2.45, 2.75) is 62.9 Å². The molecule has 0 N–H and O–H groups in total. The van der Waals surface area contributed by atoms with Gasteiger partial charge in [-0.05, 0) is 49.1 Å². The van der Waals surface area contributed by atoms with Crippen molar-refractivity contribution in [2.75, 3.05) is 5.75 Å². The van der Waals surface area contributed by atoms with Gasteiger partial charge in [0.25, 0.3) is 5.56 Å². The molecule has 1 fully saturated rings. The predicted octanol–water partition coefficient (Wildman–Crippen LogP) is 6.08. The highest BCUT2D eigenvalue weighted by atomic mass is 32.2. The van der Waals surface area contributed by atoms with Gasteiger partial charge in [0, 0.05) is 11.0 Å². The first-order chi connectivity index (χ1) is 14.6. The number of hydrogen-bond acceptors (Lipinski definition) is 3. The lowest BCUT2D eigenvalue weighted by Gasteiger charge is -2.42. The molecule has 1 aromatic heterocycles. The second-order valence-corrected chi connectivity index (χ2v) is 9.88. The van der Waals surface area contributed by atoms with Crippen LogP contribution < -0.4 is 5.56 Å². The van der Waals surface area contributed by atoms with Crippen molar-refractivity contribution in [3.63, 3.8) is 0 Å². The first kappa shape index (κ1) is 19.6. The van der Waals surface area contributed by atoms with Crippen LogP contribution in [0.2, 0.25) is 0 Å². The van der Waals surface area contributed by atoms with E-state index in [2.05, 4.69) is 50.2 Å². The maximum atomic E-state index is 14.3.